The summed E-state index contributed by atoms with van der Waals surface area (Å²) in [6.07, 6.45) is 1.88. The summed E-state index contributed by atoms with van der Waals surface area (Å²) >= 11 is 0. The van der Waals surface area contributed by atoms with Crippen molar-refractivity contribution in [3.63, 3.8) is 0 Å². The molecule has 0 aliphatic carbocycles. The first-order valence-electron chi connectivity index (χ1n) is 6.42. The van der Waals surface area contributed by atoms with Crippen molar-refractivity contribution in [1.29, 1.82) is 0 Å². The molecule has 1 amide bonds. The number of carbonyl (C=O) groups excluding carboxylic acids is 1. The first-order valence-corrected chi connectivity index (χ1v) is 6.42. The molecule has 4 heteroatoms. The van der Waals surface area contributed by atoms with Gasteiger partial charge in [-0.05, 0) is 37.8 Å². The van der Waals surface area contributed by atoms with Gasteiger partial charge in [-0.15, -0.1) is 0 Å². The predicted molar refractivity (Wildman–Crippen MR) is 70.4 cm³/mol. The average Bonchev–Trinajstić information content (AvgIpc) is 2.38. The summed E-state index contributed by atoms with van der Waals surface area (Å²) < 4.78 is 0. The van der Waals surface area contributed by atoms with Crippen LogP contribution >= 0.6 is 0 Å². The number of nitrogens with zero attached hydrogens (tertiary/aromatic N) is 1. The first-order chi connectivity index (χ1) is 8.59. The van der Waals surface area contributed by atoms with E-state index in [1.165, 1.54) is 0 Å². The molecule has 1 aliphatic heterocycles. The number of likely N-dealkylation sites (tertiary alicyclic amines) is 1. The lowest BCUT2D eigenvalue weighted by molar-refractivity contribution is 0.0678. The van der Waals surface area contributed by atoms with E-state index in [-0.39, 0.29) is 17.7 Å². The van der Waals surface area contributed by atoms with Crippen LogP contribution in [0.2, 0.25) is 0 Å². The second-order valence-electron chi connectivity index (χ2n) is 5.01. The normalized spacial score (nSPS) is 18.7. The van der Waals surface area contributed by atoms with Gasteiger partial charge in [-0.1, -0.05) is 12.1 Å². The van der Waals surface area contributed by atoms with Crippen LogP contribution < -0.4 is 5.73 Å². The number of hydrogen-bond donors (Lipinski definition) is 2. The molecule has 0 spiro atoms. The van der Waals surface area contributed by atoms with Crippen LogP contribution in [-0.2, 0) is 0 Å². The Morgan fingerprint density at radius 3 is 2.56 bits per heavy atom. The van der Waals surface area contributed by atoms with E-state index in [1.807, 2.05) is 6.92 Å². The molecule has 0 aromatic heterocycles. The largest absolute Gasteiger partial charge is 0.507 e. The van der Waals surface area contributed by atoms with E-state index in [0.717, 1.165) is 25.9 Å². The number of para-hydroxylation sites is 1. The van der Waals surface area contributed by atoms with E-state index in [2.05, 4.69) is 0 Å². The van der Waals surface area contributed by atoms with Gasteiger partial charge in [0.2, 0.25) is 0 Å². The molecule has 1 saturated heterocycles. The van der Waals surface area contributed by atoms with E-state index >= 15 is 0 Å². The summed E-state index contributed by atoms with van der Waals surface area (Å²) in [5.41, 5.74) is 6.27. The van der Waals surface area contributed by atoms with E-state index in [9.17, 15) is 9.90 Å². The lowest BCUT2D eigenvalue weighted by Crippen LogP contribution is -2.42. The SMILES string of the molecule is CC(N)C1CCN(C(=O)c2ccccc2O)CC1. The van der Waals surface area contributed by atoms with Gasteiger partial charge in [0, 0.05) is 19.1 Å². The van der Waals surface area contributed by atoms with Crippen molar-refractivity contribution < 1.29 is 9.90 Å². The minimum absolute atomic E-state index is 0.0526. The Hall–Kier alpha value is -1.55. The summed E-state index contributed by atoms with van der Waals surface area (Å²) in [5, 5.41) is 9.68. The second-order valence-corrected chi connectivity index (χ2v) is 5.01. The van der Waals surface area contributed by atoms with E-state index < -0.39 is 0 Å². The second kappa shape index (κ2) is 5.40. The number of phenolic OH excluding ortho intramolecular Hbond substituents is 1. The summed E-state index contributed by atoms with van der Waals surface area (Å²) in [6, 6.07) is 6.88. The molecular weight excluding hydrogens is 228 g/mol. The van der Waals surface area contributed by atoms with Crippen molar-refractivity contribution >= 4 is 5.91 Å². The van der Waals surface area contributed by atoms with Crippen LogP contribution in [0.1, 0.15) is 30.1 Å². The number of carbonyl (C=O) groups is 1. The van der Waals surface area contributed by atoms with Crippen molar-refractivity contribution in [3.05, 3.63) is 29.8 Å². The number of nitrogens with two attached hydrogens (primary N) is 1. The zero-order valence-electron chi connectivity index (χ0n) is 10.7. The monoisotopic (exact) mass is 248 g/mol. The van der Waals surface area contributed by atoms with Gasteiger partial charge in [0.15, 0.2) is 0 Å². The highest BCUT2D eigenvalue weighted by molar-refractivity contribution is 5.96. The third-order valence-electron chi connectivity index (χ3n) is 3.70. The summed E-state index contributed by atoms with van der Waals surface area (Å²) in [7, 11) is 0. The van der Waals surface area contributed by atoms with Crippen LogP contribution in [0.4, 0.5) is 0 Å². The van der Waals surface area contributed by atoms with Crippen molar-refractivity contribution in [2.45, 2.75) is 25.8 Å². The molecule has 1 unspecified atom stereocenters. The maximum absolute atomic E-state index is 12.2. The van der Waals surface area contributed by atoms with Crippen LogP contribution in [0.5, 0.6) is 5.75 Å². The average molecular weight is 248 g/mol. The highest BCUT2D eigenvalue weighted by atomic mass is 16.3. The Bertz CT molecular complexity index is 424. The molecule has 0 radical (unpaired) electrons. The van der Waals surface area contributed by atoms with Gasteiger partial charge in [0.25, 0.3) is 5.91 Å². The van der Waals surface area contributed by atoms with Crippen LogP contribution in [-0.4, -0.2) is 35.0 Å². The number of piperidine rings is 1. The summed E-state index contributed by atoms with van der Waals surface area (Å²) in [5.74, 6) is 0.464. The van der Waals surface area contributed by atoms with Gasteiger partial charge >= 0.3 is 0 Å². The van der Waals surface area contributed by atoms with Crippen molar-refractivity contribution in [3.8, 4) is 5.75 Å². The van der Waals surface area contributed by atoms with Gasteiger partial charge < -0.3 is 15.7 Å². The van der Waals surface area contributed by atoms with Crippen molar-refractivity contribution in [2.75, 3.05) is 13.1 Å². The number of aromatic hydroxyl groups is 1. The van der Waals surface area contributed by atoms with E-state index in [1.54, 1.807) is 29.2 Å². The van der Waals surface area contributed by atoms with Gasteiger partial charge in [0.05, 0.1) is 5.56 Å². The third-order valence-corrected chi connectivity index (χ3v) is 3.70. The van der Waals surface area contributed by atoms with Crippen LogP contribution in [0, 0.1) is 5.92 Å². The minimum Gasteiger partial charge on any atom is -0.507 e. The highest BCUT2D eigenvalue weighted by Gasteiger charge is 2.26. The fourth-order valence-electron chi connectivity index (χ4n) is 2.45. The molecule has 0 saturated carbocycles. The Labute approximate surface area is 107 Å². The predicted octanol–water partition coefficient (Wildman–Crippen LogP) is 1.59. The van der Waals surface area contributed by atoms with Crippen LogP contribution in [0.3, 0.4) is 0 Å². The van der Waals surface area contributed by atoms with E-state index in [0.29, 0.717) is 11.5 Å². The maximum Gasteiger partial charge on any atom is 0.257 e. The van der Waals surface area contributed by atoms with Crippen molar-refractivity contribution in [2.24, 2.45) is 11.7 Å². The Morgan fingerprint density at radius 2 is 2.00 bits per heavy atom. The molecule has 1 aliphatic rings. The van der Waals surface area contributed by atoms with E-state index in [4.69, 9.17) is 5.73 Å². The zero-order valence-corrected chi connectivity index (χ0v) is 10.7. The minimum atomic E-state index is -0.0868. The molecule has 4 nitrogen and oxygen atoms in total. The lowest BCUT2D eigenvalue weighted by atomic mass is 9.90. The fraction of sp³-hybridized carbons (Fsp3) is 0.500. The molecule has 1 fully saturated rings. The number of amides is 1. The molecular formula is C14H20N2O2. The highest BCUT2D eigenvalue weighted by Crippen LogP contribution is 2.23. The van der Waals surface area contributed by atoms with Crippen molar-refractivity contribution in [1.82, 2.24) is 4.90 Å². The number of hydrogen-bond acceptors (Lipinski definition) is 3. The topological polar surface area (TPSA) is 66.6 Å². The van der Waals surface area contributed by atoms with Gasteiger partial charge in [-0.25, -0.2) is 0 Å². The van der Waals surface area contributed by atoms with Crippen LogP contribution in [0.25, 0.3) is 0 Å². The Morgan fingerprint density at radius 1 is 1.39 bits per heavy atom. The third kappa shape index (κ3) is 2.64. The molecule has 1 aromatic carbocycles. The van der Waals surface area contributed by atoms with Gasteiger partial charge in [-0.3, -0.25) is 4.79 Å². The standard InChI is InChI=1S/C14H20N2O2/c1-10(15)11-6-8-16(9-7-11)14(18)12-4-2-3-5-13(12)17/h2-5,10-11,17H,6-9,15H2,1H3. The van der Waals surface area contributed by atoms with Crippen LogP contribution in [0.15, 0.2) is 24.3 Å². The zero-order chi connectivity index (χ0) is 13.1. The lowest BCUT2D eigenvalue weighted by Gasteiger charge is -2.33. The molecule has 1 atom stereocenters. The van der Waals surface area contributed by atoms with Gasteiger partial charge in [0.1, 0.15) is 5.75 Å². The number of benzene rings is 1. The Balaban J connectivity index is 2.02. The maximum atomic E-state index is 12.2. The van der Waals surface area contributed by atoms with Gasteiger partial charge in [-0.2, -0.15) is 0 Å². The molecule has 1 aromatic rings. The quantitative estimate of drug-likeness (QED) is 0.835. The summed E-state index contributed by atoms with van der Waals surface area (Å²) in [4.78, 5) is 14.0. The molecule has 1 heterocycles. The molecule has 2 rings (SSSR count). The summed E-state index contributed by atoms with van der Waals surface area (Å²) in [6.45, 7) is 3.46. The number of rotatable bonds is 2. The molecule has 98 valence electrons. The fourth-order valence-corrected chi connectivity index (χ4v) is 2.45. The smallest absolute Gasteiger partial charge is 0.257 e. The number of phenols is 1. The Kier molecular flexibility index (Phi) is 3.87. The molecule has 18 heavy (non-hydrogen) atoms. The molecule has 0 bridgehead atoms. The first kappa shape index (κ1) is 12.9. The molecule has 3 N–H and O–H groups in total.